The maximum atomic E-state index is 11.7. The molecule has 0 heterocycles. The monoisotopic (exact) mass is 193 g/mol. The van der Waals surface area contributed by atoms with Crippen LogP contribution in [-0.2, 0) is 0 Å². The SMILES string of the molecule is Nc1cc(O)cc(OC(F)(F)F)c1. The minimum atomic E-state index is -4.78. The van der Waals surface area contributed by atoms with Crippen molar-refractivity contribution in [3.05, 3.63) is 18.2 Å². The molecule has 0 aliphatic carbocycles. The van der Waals surface area contributed by atoms with Gasteiger partial charge in [-0.3, -0.25) is 0 Å². The summed E-state index contributed by atoms with van der Waals surface area (Å²) in [7, 11) is 0. The largest absolute Gasteiger partial charge is 0.573 e. The van der Waals surface area contributed by atoms with E-state index >= 15 is 0 Å². The van der Waals surface area contributed by atoms with Crippen LogP contribution >= 0.6 is 0 Å². The lowest BCUT2D eigenvalue weighted by Gasteiger charge is -2.09. The van der Waals surface area contributed by atoms with Gasteiger partial charge in [0.25, 0.3) is 0 Å². The molecular formula is C7H6F3NO2. The number of ether oxygens (including phenoxy) is 1. The van der Waals surface area contributed by atoms with Crippen molar-refractivity contribution < 1.29 is 23.0 Å². The molecule has 3 nitrogen and oxygen atoms in total. The van der Waals surface area contributed by atoms with Crippen LogP contribution in [-0.4, -0.2) is 11.5 Å². The molecule has 0 saturated carbocycles. The van der Waals surface area contributed by atoms with Crippen molar-refractivity contribution in [1.82, 2.24) is 0 Å². The van der Waals surface area contributed by atoms with Gasteiger partial charge in [0, 0.05) is 23.9 Å². The number of nitrogen functional groups attached to an aromatic ring is 1. The van der Waals surface area contributed by atoms with Gasteiger partial charge >= 0.3 is 6.36 Å². The van der Waals surface area contributed by atoms with Gasteiger partial charge in [0.1, 0.15) is 11.5 Å². The molecule has 0 aliphatic heterocycles. The van der Waals surface area contributed by atoms with Gasteiger partial charge in [0.05, 0.1) is 0 Å². The molecule has 0 amide bonds. The highest BCUT2D eigenvalue weighted by Gasteiger charge is 2.31. The number of alkyl halides is 3. The average Bonchev–Trinajstić information content (AvgIpc) is 1.78. The highest BCUT2D eigenvalue weighted by Crippen LogP contribution is 2.28. The topological polar surface area (TPSA) is 55.5 Å². The summed E-state index contributed by atoms with van der Waals surface area (Å²) in [4.78, 5) is 0. The van der Waals surface area contributed by atoms with E-state index in [1.807, 2.05) is 0 Å². The van der Waals surface area contributed by atoms with E-state index in [4.69, 9.17) is 10.8 Å². The lowest BCUT2D eigenvalue weighted by Crippen LogP contribution is -2.17. The summed E-state index contributed by atoms with van der Waals surface area (Å²) < 4.78 is 38.5. The Bertz CT molecular complexity index is 291. The number of rotatable bonds is 1. The molecule has 6 heteroatoms. The summed E-state index contributed by atoms with van der Waals surface area (Å²) in [5.41, 5.74) is 5.17. The van der Waals surface area contributed by atoms with E-state index in [2.05, 4.69) is 4.74 Å². The molecule has 0 saturated heterocycles. The fourth-order valence-electron chi connectivity index (χ4n) is 0.798. The van der Waals surface area contributed by atoms with Crippen molar-refractivity contribution in [3.63, 3.8) is 0 Å². The van der Waals surface area contributed by atoms with Crippen LogP contribution < -0.4 is 10.5 Å². The Morgan fingerprint density at radius 1 is 1.23 bits per heavy atom. The quantitative estimate of drug-likeness (QED) is 0.669. The summed E-state index contributed by atoms with van der Waals surface area (Å²) in [6, 6.07) is 2.90. The Kier molecular flexibility index (Phi) is 2.22. The minimum Gasteiger partial charge on any atom is -0.508 e. The maximum absolute atomic E-state index is 11.7. The van der Waals surface area contributed by atoms with Crippen molar-refractivity contribution in [2.75, 3.05) is 5.73 Å². The first-order valence-corrected chi connectivity index (χ1v) is 3.22. The number of nitrogens with two attached hydrogens (primary N) is 1. The lowest BCUT2D eigenvalue weighted by atomic mass is 10.3. The Morgan fingerprint density at radius 3 is 2.31 bits per heavy atom. The van der Waals surface area contributed by atoms with E-state index in [1.165, 1.54) is 0 Å². The van der Waals surface area contributed by atoms with Gasteiger partial charge in [-0.15, -0.1) is 13.2 Å². The van der Waals surface area contributed by atoms with Crippen LogP contribution in [0.1, 0.15) is 0 Å². The summed E-state index contributed by atoms with van der Waals surface area (Å²) in [5.74, 6) is -0.913. The molecule has 13 heavy (non-hydrogen) atoms. The van der Waals surface area contributed by atoms with Gasteiger partial charge in [-0.05, 0) is 0 Å². The summed E-state index contributed by atoms with van der Waals surface area (Å²) in [5, 5.41) is 8.86. The standard InChI is InChI=1S/C7H6F3NO2/c8-7(9,10)13-6-2-4(11)1-5(12)3-6/h1-3,12H,11H2. The molecule has 3 N–H and O–H groups in total. The number of aromatic hydroxyl groups is 1. The summed E-state index contributed by atoms with van der Waals surface area (Å²) >= 11 is 0. The van der Waals surface area contributed by atoms with Crippen LogP contribution in [0.15, 0.2) is 18.2 Å². The van der Waals surface area contributed by atoms with Crippen LogP contribution in [0.25, 0.3) is 0 Å². The fourth-order valence-corrected chi connectivity index (χ4v) is 0.798. The van der Waals surface area contributed by atoms with Crippen molar-refractivity contribution in [1.29, 1.82) is 0 Å². The maximum Gasteiger partial charge on any atom is 0.573 e. The number of phenols is 1. The second-order valence-corrected chi connectivity index (χ2v) is 2.31. The van der Waals surface area contributed by atoms with E-state index in [0.717, 1.165) is 18.2 Å². The molecule has 0 radical (unpaired) electrons. The van der Waals surface area contributed by atoms with Gasteiger partial charge in [-0.25, -0.2) is 0 Å². The Labute approximate surface area is 71.5 Å². The molecule has 0 aromatic heterocycles. The smallest absolute Gasteiger partial charge is 0.508 e. The predicted octanol–water partition coefficient (Wildman–Crippen LogP) is 1.87. The number of phenolic OH excluding ortho intramolecular Hbond substituents is 1. The van der Waals surface area contributed by atoms with Gasteiger partial charge in [0.15, 0.2) is 0 Å². The molecule has 1 aromatic rings. The Hall–Kier alpha value is -1.59. The van der Waals surface area contributed by atoms with E-state index < -0.39 is 12.1 Å². The van der Waals surface area contributed by atoms with E-state index in [-0.39, 0.29) is 11.4 Å². The molecule has 0 aliphatic rings. The molecule has 0 fully saturated rings. The normalized spacial score (nSPS) is 11.3. The second-order valence-electron chi connectivity index (χ2n) is 2.31. The van der Waals surface area contributed by atoms with Gasteiger partial charge in [-0.1, -0.05) is 0 Å². The first-order valence-electron chi connectivity index (χ1n) is 3.22. The van der Waals surface area contributed by atoms with Crippen molar-refractivity contribution in [2.24, 2.45) is 0 Å². The van der Waals surface area contributed by atoms with E-state index in [1.54, 1.807) is 0 Å². The highest BCUT2D eigenvalue weighted by atomic mass is 19.4. The summed E-state index contributed by atoms with van der Waals surface area (Å²) in [6.45, 7) is 0. The van der Waals surface area contributed by atoms with Gasteiger partial charge in [0.2, 0.25) is 0 Å². The van der Waals surface area contributed by atoms with Crippen LogP contribution in [0.4, 0.5) is 18.9 Å². The van der Waals surface area contributed by atoms with E-state index in [9.17, 15) is 13.2 Å². The zero-order valence-electron chi connectivity index (χ0n) is 6.30. The first-order chi connectivity index (χ1) is 5.87. The number of anilines is 1. The number of benzene rings is 1. The third-order valence-corrected chi connectivity index (χ3v) is 1.15. The zero-order valence-corrected chi connectivity index (χ0v) is 6.30. The van der Waals surface area contributed by atoms with Gasteiger partial charge in [-0.2, -0.15) is 0 Å². The molecule has 0 bridgehead atoms. The van der Waals surface area contributed by atoms with Crippen molar-refractivity contribution in [3.8, 4) is 11.5 Å². The highest BCUT2D eigenvalue weighted by molar-refractivity contribution is 5.49. The molecule has 0 spiro atoms. The molecule has 1 aromatic carbocycles. The molecule has 0 atom stereocenters. The third-order valence-electron chi connectivity index (χ3n) is 1.15. The summed E-state index contributed by atoms with van der Waals surface area (Å²) in [6.07, 6.45) is -4.78. The molecule has 0 unspecified atom stereocenters. The fraction of sp³-hybridized carbons (Fsp3) is 0.143. The predicted molar refractivity (Wildman–Crippen MR) is 39.2 cm³/mol. The van der Waals surface area contributed by atoms with Crippen LogP contribution in [0.5, 0.6) is 11.5 Å². The zero-order chi connectivity index (χ0) is 10.1. The second kappa shape index (κ2) is 3.04. The lowest BCUT2D eigenvalue weighted by molar-refractivity contribution is -0.274. The van der Waals surface area contributed by atoms with Crippen molar-refractivity contribution >= 4 is 5.69 Å². The molecular weight excluding hydrogens is 187 g/mol. The molecule has 72 valence electrons. The number of halogens is 3. The van der Waals surface area contributed by atoms with Crippen LogP contribution in [0.2, 0.25) is 0 Å². The van der Waals surface area contributed by atoms with Crippen LogP contribution in [0.3, 0.4) is 0 Å². The van der Waals surface area contributed by atoms with Crippen LogP contribution in [0, 0.1) is 0 Å². The Morgan fingerprint density at radius 2 is 1.85 bits per heavy atom. The molecule has 1 rings (SSSR count). The minimum absolute atomic E-state index is 0.000694. The van der Waals surface area contributed by atoms with Gasteiger partial charge < -0.3 is 15.6 Å². The number of hydrogen-bond donors (Lipinski definition) is 2. The third kappa shape index (κ3) is 3.10. The Balaban J connectivity index is 2.90. The average molecular weight is 193 g/mol. The van der Waals surface area contributed by atoms with E-state index in [0.29, 0.717) is 0 Å². The first kappa shape index (κ1) is 9.50. The van der Waals surface area contributed by atoms with Crippen molar-refractivity contribution in [2.45, 2.75) is 6.36 Å². The number of hydrogen-bond acceptors (Lipinski definition) is 3.